The van der Waals surface area contributed by atoms with Gasteiger partial charge in [0.25, 0.3) is 0 Å². The summed E-state index contributed by atoms with van der Waals surface area (Å²) in [6, 6.07) is 8.49. The average Bonchev–Trinajstić information content (AvgIpc) is 3.22. The highest BCUT2D eigenvalue weighted by molar-refractivity contribution is 6.51. The van der Waals surface area contributed by atoms with E-state index in [0.717, 1.165) is 0 Å². The van der Waals surface area contributed by atoms with E-state index < -0.39 is 42.6 Å². The topological polar surface area (TPSA) is 153 Å². The third-order valence-electron chi connectivity index (χ3n) is 4.99. The first kappa shape index (κ1) is 17.9. The standard InChI is InChI=1S/C17H19N5O5/c18-15-13-17(21-7-19-15,14(26)9-4-2-1-3-5-9)22(8-20-13)16-12(25)11(24)10(6-23)27-16/h1-5,7,10-12,16,23-25H,6,8H2,(H2,18,19,21)/t10-,11-,12-,16-,17?/m1/s1. The molecule has 0 spiro atoms. The molecule has 1 fully saturated rings. The number of carbonyl (C=O) groups is 1. The number of aliphatic imine (C=N–C) groups is 3. The number of nitrogens with zero attached hydrogens (tertiary/aromatic N) is 4. The van der Waals surface area contributed by atoms with Crippen LogP contribution in [0.2, 0.25) is 0 Å². The van der Waals surface area contributed by atoms with E-state index in [-0.39, 0.29) is 18.2 Å². The molecule has 0 aromatic heterocycles. The van der Waals surface area contributed by atoms with Gasteiger partial charge in [-0.15, -0.1) is 0 Å². The molecule has 10 heteroatoms. The predicted octanol–water partition coefficient (Wildman–Crippen LogP) is -1.88. The van der Waals surface area contributed by atoms with Gasteiger partial charge in [0.1, 0.15) is 36.6 Å². The van der Waals surface area contributed by atoms with Crippen molar-refractivity contribution in [3.63, 3.8) is 0 Å². The number of amidine groups is 1. The molecule has 3 aliphatic rings. The third kappa shape index (κ3) is 2.53. The molecular formula is C17H19N5O5. The molecule has 0 saturated carbocycles. The van der Waals surface area contributed by atoms with Crippen LogP contribution in [-0.4, -0.2) is 87.4 Å². The number of ether oxygens (including phenoxy) is 1. The summed E-state index contributed by atoms with van der Waals surface area (Å²) in [6.45, 7) is -0.531. The van der Waals surface area contributed by atoms with Crippen molar-refractivity contribution in [2.24, 2.45) is 20.7 Å². The quantitative estimate of drug-likeness (QED) is 0.450. The Kier molecular flexibility index (Phi) is 4.36. The lowest BCUT2D eigenvalue weighted by Crippen LogP contribution is -2.64. The predicted molar refractivity (Wildman–Crippen MR) is 95.5 cm³/mol. The number of carbonyl (C=O) groups excluding carboxylic acids is 1. The minimum absolute atomic E-state index is 0.0449. The normalized spacial score (nSPS) is 35.7. The molecular weight excluding hydrogens is 354 g/mol. The molecule has 0 radical (unpaired) electrons. The largest absolute Gasteiger partial charge is 0.394 e. The summed E-state index contributed by atoms with van der Waals surface area (Å²) >= 11 is 0. The zero-order valence-electron chi connectivity index (χ0n) is 14.2. The summed E-state index contributed by atoms with van der Waals surface area (Å²) in [4.78, 5) is 27.4. The van der Waals surface area contributed by atoms with E-state index in [1.807, 2.05) is 0 Å². The second-order valence-corrected chi connectivity index (χ2v) is 6.47. The van der Waals surface area contributed by atoms with Crippen LogP contribution in [0.15, 0.2) is 45.3 Å². The maximum atomic E-state index is 13.5. The van der Waals surface area contributed by atoms with E-state index >= 15 is 0 Å². The van der Waals surface area contributed by atoms with E-state index in [9.17, 15) is 20.1 Å². The first-order valence-corrected chi connectivity index (χ1v) is 8.42. The molecule has 1 aromatic rings. The van der Waals surface area contributed by atoms with Gasteiger partial charge < -0.3 is 25.8 Å². The Labute approximate surface area is 154 Å². The molecule has 27 heavy (non-hydrogen) atoms. The van der Waals surface area contributed by atoms with Gasteiger partial charge in [-0.1, -0.05) is 30.3 Å². The first-order valence-electron chi connectivity index (χ1n) is 8.42. The Morgan fingerprint density at radius 2 is 2.04 bits per heavy atom. The Hall–Kier alpha value is -2.50. The maximum absolute atomic E-state index is 13.5. The molecule has 1 aromatic carbocycles. The van der Waals surface area contributed by atoms with Crippen molar-refractivity contribution in [2.75, 3.05) is 13.3 Å². The monoisotopic (exact) mass is 373 g/mol. The highest BCUT2D eigenvalue weighted by Gasteiger charge is 2.60. The van der Waals surface area contributed by atoms with E-state index in [1.165, 1.54) is 11.2 Å². The molecule has 3 heterocycles. The van der Waals surface area contributed by atoms with Crippen LogP contribution in [0.5, 0.6) is 0 Å². The molecule has 10 nitrogen and oxygen atoms in total. The number of fused-ring (bicyclic) bond motifs is 1. The minimum atomic E-state index is -1.66. The summed E-state index contributed by atoms with van der Waals surface area (Å²) in [5, 5.41) is 29.9. The van der Waals surface area contributed by atoms with Crippen LogP contribution >= 0.6 is 0 Å². The number of Topliss-reactive ketones (excluding diaryl/α,β-unsaturated/α-hetero) is 1. The van der Waals surface area contributed by atoms with E-state index in [4.69, 9.17) is 10.5 Å². The summed E-state index contributed by atoms with van der Waals surface area (Å²) < 4.78 is 5.61. The Morgan fingerprint density at radius 1 is 1.30 bits per heavy atom. The second kappa shape index (κ2) is 6.59. The Balaban J connectivity index is 1.78. The fraction of sp³-hybridized carbons (Fsp3) is 0.412. The van der Waals surface area contributed by atoms with Crippen LogP contribution in [0.25, 0.3) is 0 Å². The van der Waals surface area contributed by atoms with E-state index in [0.29, 0.717) is 5.56 Å². The maximum Gasteiger partial charge on any atom is 0.227 e. The van der Waals surface area contributed by atoms with Gasteiger partial charge in [0.2, 0.25) is 11.4 Å². The Bertz CT molecular complexity index is 841. The van der Waals surface area contributed by atoms with E-state index in [2.05, 4.69) is 15.0 Å². The van der Waals surface area contributed by atoms with Gasteiger partial charge in [-0.05, 0) is 0 Å². The van der Waals surface area contributed by atoms with Gasteiger partial charge in [-0.3, -0.25) is 9.79 Å². The lowest BCUT2D eigenvalue weighted by molar-refractivity contribution is -0.110. The molecule has 4 rings (SSSR count). The molecule has 0 bridgehead atoms. The summed E-state index contributed by atoms with van der Waals surface area (Å²) in [5.41, 5.74) is 4.82. The molecule has 5 atom stereocenters. The molecule has 0 aliphatic carbocycles. The van der Waals surface area contributed by atoms with Crippen LogP contribution in [-0.2, 0) is 4.74 Å². The molecule has 5 N–H and O–H groups in total. The van der Waals surface area contributed by atoms with Crippen LogP contribution in [0, 0.1) is 0 Å². The molecule has 3 aliphatic heterocycles. The van der Waals surface area contributed by atoms with Crippen molar-refractivity contribution in [1.29, 1.82) is 0 Å². The lowest BCUT2D eigenvalue weighted by atomic mass is 9.90. The number of hydrogen-bond acceptors (Lipinski definition) is 10. The zero-order valence-corrected chi connectivity index (χ0v) is 14.2. The number of nitrogens with two attached hydrogens (primary N) is 1. The van der Waals surface area contributed by atoms with Crippen LogP contribution < -0.4 is 5.73 Å². The fourth-order valence-corrected chi connectivity index (χ4v) is 3.62. The van der Waals surface area contributed by atoms with Crippen molar-refractivity contribution in [2.45, 2.75) is 30.2 Å². The van der Waals surface area contributed by atoms with Gasteiger partial charge in [-0.25, -0.2) is 14.9 Å². The van der Waals surface area contributed by atoms with Gasteiger partial charge in [0.15, 0.2) is 5.84 Å². The number of aliphatic hydroxyl groups is 3. The van der Waals surface area contributed by atoms with Crippen molar-refractivity contribution in [3.05, 3.63) is 35.9 Å². The number of benzene rings is 1. The Morgan fingerprint density at radius 3 is 2.70 bits per heavy atom. The van der Waals surface area contributed by atoms with Crippen molar-refractivity contribution in [3.8, 4) is 0 Å². The van der Waals surface area contributed by atoms with Crippen molar-refractivity contribution >= 4 is 23.7 Å². The smallest absolute Gasteiger partial charge is 0.227 e. The SMILES string of the molecule is NC1=NC=NC2(C(=O)c3ccccc3)C1=NCN2[C@@H]1O[C@H](CO)[C@@H](O)[C@H]1O. The summed E-state index contributed by atoms with van der Waals surface area (Å²) in [6.07, 6.45) is -3.61. The van der Waals surface area contributed by atoms with Gasteiger partial charge >= 0.3 is 0 Å². The van der Waals surface area contributed by atoms with Crippen LogP contribution in [0.4, 0.5) is 0 Å². The van der Waals surface area contributed by atoms with Gasteiger partial charge in [0.05, 0.1) is 13.3 Å². The van der Waals surface area contributed by atoms with Crippen molar-refractivity contribution < 1.29 is 24.9 Å². The number of ketones is 1. The first-order chi connectivity index (χ1) is 13.0. The summed E-state index contributed by atoms with van der Waals surface area (Å²) in [7, 11) is 0. The summed E-state index contributed by atoms with van der Waals surface area (Å²) in [5.74, 6) is -0.366. The average molecular weight is 373 g/mol. The number of rotatable bonds is 4. The molecule has 0 amide bonds. The highest BCUT2D eigenvalue weighted by atomic mass is 16.6. The molecule has 142 valence electrons. The van der Waals surface area contributed by atoms with Crippen LogP contribution in [0.3, 0.4) is 0 Å². The molecule has 1 unspecified atom stereocenters. The number of aliphatic hydroxyl groups excluding tert-OH is 3. The van der Waals surface area contributed by atoms with Gasteiger partial charge in [0, 0.05) is 5.56 Å². The zero-order chi connectivity index (χ0) is 19.2. The second-order valence-electron chi connectivity index (χ2n) is 6.47. The van der Waals surface area contributed by atoms with Gasteiger partial charge in [-0.2, -0.15) is 0 Å². The number of hydrogen-bond donors (Lipinski definition) is 4. The minimum Gasteiger partial charge on any atom is -0.394 e. The lowest BCUT2D eigenvalue weighted by Gasteiger charge is -2.39. The van der Waals surface area contributed by atoms with Crippen LogP contribution in [0.1, 0.15) is 10.4 Å². The van der Waals surface area contributed by atoms with Crippen molar-refractivity contribution in [1.82, 2.24) is 4.90 Å². The highest BCUT2D eigenvalue weighted by Crippen LogP contribution is 2.37. The van der Waals surface area contributed by atoms with E-state index in [1.54, 1.807) is 30.3 Å². The fourth-order valence-electron chi connectivity index (χ4n) is 3.62. The molecule has 1 saturated heterocycles. The third-order valence-corrected chi connectivity index (χ3v) is 4.99.